The van der Waals surface area contributed by atoms with Crippen LogP contribution in [0, 0.1) is 5.82 Å². The summed E-state index contributed by atoms with van der Waals surface area (Å²) in [6, 6.07) is 18.3. The van der Waals surface area contributed by atoms with E-state index < -0.39 is 29.4 Å². The molecule has 0 radical (unpaired) electrons. The fourth-order valence-corrected chi connectivity index (χ4v) is 4.74. The minimum atomic E-state index is -0.560. The maximum atomic E-state index is 13.0. The monoisotopic (exact) mass is 618 g/mol. The highest BCUT2D eigenvalue weighted by molar-refractivity contribution is 9.10. The van der Waals surface area contributed by atoms with Gasteiger partial charge in [-0.3, -0.25) is 19.3 Å². The third-order valence-electron chi connectivity index (χ3n) is 4.86. The second-order valence-electron chi connectivity index (χ2n) is 7.43. The largest absolute Gasteiger partial charge is 0.488 e. The van der Waals surface area contributed by atoms with Gasteiger partial charge >= 0.3 is 0 Å². The zero-order valence-corrected chi connectivity index (χ0v) is 22.0. The minimum Gasteiger partial charge on any atom is -0.488 e. The normalized spacial score (nSPS) is 14.5. The van der Waals surface area contributed by atoms with E-state index in [-0.39, 0.29) is 4.91 Å². The number of imide groups is 1. The molecule has 4 rings (SSSR count). The van der Waals surface area contributed by atoms with E-state index in [0.29, 0.717) is 28.1 Å². The number of hydrogen-bond acceptors (Lipinski definition) is 5. The van der Waals surface area contributed by atoms with Gasteiger partial charge in [0.2, 0.25) is 5.91 Å². The van der Waals surface area contributed by atoms with Crippen LogP contribution in [-0.4, -0.2) is 28.5 Å². The number of thioether (sulfide) groups is 1. The van der Waals surface area contributed by atoms with Crippen LogP contribution in [0.25, 0.3) is 6.08 Å². The topological polar surface area (TPSA) is 75.7 Å². The van der Waals surface area contributed by atoms with Gasteiger partial charge in [0.25, 0.3) is 11.1 Å². The number of anilines is 1. The molecule has 3 aromatic carbocycles. The van der Waals surface area contributed by atoms with Gasteiger partial charge in [-0.2, -0.15) is 0 Å². The average molecular weight is 620 g/mol. The number of rotatable bonds is 7. The Hall–Kier alpha value is -2.95. The fourth-order valence-electron chi connectivity index (χ4n) is 3.13. The number of ether oxygens (including phenoxy) is 1. The number of nitrogens with one attached hydrogen (secondary N) is 1. The molecule has 0 aromatic heterocycles. The molecular formula is C25H17Br2FN2O4S. The summed E-state index contributed by atoms with van der Waals surface area (Å²) < 4.78 is 20.6. The average Bonchev–Trinajstić information content (AvgIpc) is 3.08. The molecule has 0 unspecified atom stereocenters. The quantitative estimate of drug-likeness (QED) is 0.301. The molecule has 3 aromatic rings. The summed E-state index contributed by atoms with van der Waals surface area (Å²) in [6.07, 6.45) is 1.59. The van der Waals surface area contributed by atoms with E-state index in [0.717, 1.165) is 26.7 Å². The number of hydrogen-bond donors (Lipinski definition) is 1. The lowest BCUT2D eigenvalue weighted by atomic mass is 10.2. The maximum Gasteiger partial charge on any atom is 0.294 e. The summed E-state index contributed by atoms with van der Waals surface area (Å²) in [6.45, 7) is -0.0456. The van der Waals surface area contributed by atoms with Crippen LogP contribution in [0.1, 0.15) is 11.1 Å². The summed E-state index contributed by atoms with van der Waals surface area (Å²) in [5, 5.41) is 2.00. The number of halogens is 3. The predicted molar refractivity (Wildman–Crippen MR) is 140 cm³/mol. The number of carbonyl (C=O) groups excluding carboxylic acids is 3. The van der Waals surface area contributed by atoms with Crippen LogP contribution in [0.2, 0.25) is 0 Å². The molecule has 1 aliphatic heterocycles. The Morgan fingerprint density at radius 2 is 1.74 bits per heavy atom. The number of nitrogens with zero attached hydrogens (tertiary/aromatic N) is 1. The van der Waals surface area contributed by atoms with Crippen LogP contribution in [0.5, 0.6) is 5.75 Å². The van der Waals surface area contributed by atoms with Gasteiger partial charge < -0.3 is 10.1 Å². The lowest BCUT2D eigenvalue weighted by Crippen LogP contribution is -2.36. The van der Waals surface area contributed by atoms with E-state index >= 15 is 0 Å². The summed E-state index contributed by atoms with van der Waals surface area (Å²) in [4.78, 5) is 38.4. The maximum absolute atomic E-state index is 13.0. The molecule has 1 aliphatic rings. The van der Waals surface area contributed by atoms with E-state index in [1.54, 1.807) is 24.3 Å². The van der Waals surface area contributed by atoms with Gasteiger partial charge in [-0.05, 0) is 93.4 Å². The molecule has 178 valence electrons. The van der Waals surface area contributed by atoms with Crippen molar-refractivity contribution in [3.05, 3.63) is 97.5 Å². The Balaban J connectivity index is 1.39. The first-order valence-electron chi connectivity index (χ1n) is 10.3. The van der Waals surface area contributed by atoms with Crippen molar-refractivity contribution in [1.29, 1.82) is 0 Å². The number of benzene rings is 3. The van der Waals surface area contributed by atoms with E-state index in [1.807, 2.05) is 24.3 Å². The number of carbonyl (C=O) groups is 3. The van der Waals surface area contributed by atoms with Crippen LogP contribution in [0.3, 0.4) is 0 Å². The molecule has 1 fully saturated rings. The molecule has 0 bridgehead atoms. The third kappa shape index (κ3) is 6.59. The van der Waals surface area contributed by atoms with Gasteiger partial charge in [0.15, 0.2) is 0 Å². The first-order chi connectivity index (χ1) is 16.8. The fraction of sp³-hybridized carbons (Fsp3) is 0.0800. The Labute approximate surface area is 221 Å². The molecule has 35 heavy (non-hydrogen) atoms. The van der Waals surface area contributed by atoms with Gasteiger partial charge in [-0.25, -0.2) is 4.39 Å². The highest BCUT2D eigenvalue weighted by Crippen LogP contribution is 2.34. The zero-order chi connectivity index (χ0) is 24.9. The Morgan fingerprint density at radius 1 is 1.03 bits per heavy atom. The van der Waals surface area contributed by atoms with E-state index in [1.165, 1.54) is 24.3 Å². The zero-order valence-electron chi connectivity index (χ0n) is 18.0. The van der Waals surface area contributed by atoms with Crippen molar-refractivity contribution in [2.24, 2.45) is 0 Å². The molecule has 1 saturated heterocycles. The second kappa shape index (κ2) is 11.2. The second-order valence-corrected chi connectivity index (χ2v) is 10.2. The van der Waals surface area contributed by atoms with Gasteiger partial charge in [0.05, 0.1) is 9.38 Å². The minimum absolute atomic E-state index is 0.208. The van der Waals surface area contributed by atoms with Gasteiger partial charge in [0, 0.05) is 10.2 Å². The van der Waals surface area contributed by atoms with Gasteiger partial charge in [0.1, 0.15) is 24.7 Å². The summed E-state index contributed by atoms with van der Waals surface area (Å²) in [5.74, 6) is -0.915. The molecule has 1 heterocycles. The lowest BCUT2D eigenvalue weighted by molar-refractivity contribution is -0.127. The van der Waals surface area contributed by atoms with Crippen LogP contribution >= 0.6 is 43.6 Å². The Kier molecular flexibility index (Phi) is 8.04. The molecular weight excluding hydrogens is 603 g/mol. The summed E-state index contributed by atoms with van der Waals surface area (Å²) in [5.41, 5.74) is 2.07. The smallest absolute Gasteiger partial charge is 0.294 e. The van der Waals surface area contributed by atoms with Crippen LogP contribution < -0.4 is 10.1 Å². The molecule has 3 amide bonds. The van der Waals surface area contributed by atoms with Crippen LogP contribution in [0.4, 0.5) is 14.9 Å². The van der Waals surface area contributed by atoms with Crippen molar-refractivity contribution < 1.29 is 23.5 Å². The molecule has 10 heteroatoms. The van der Waals surface area contributed by atoms with Gasteiger partial charge in [-0.15, -0.1) is 0 Å². The van der Waals surface area contributed by atoms with Crippen molar-refractivity contribution in [3.63, 3.8) is 0 Å². The molecule has 1 N–H and O–H groups in total. The highest BCUT2D eigenvalue weighted by atomic mass is 79.9. The van der Waals surface area contributed by atoms with Crippen molar-refractivity contribution in [3.8, 4) is 5.75 Å². The van der Waals surface area contributed by atoms with Crippen LogP contribution in [-0.2, 0) is 16.2 Å². The third-order valence-corrected chi connectivity index (χ3v) is 6.92. The van der Waals surface area contributed by atoms with Crippen molar-refractivity contribution >= 4 is 72.4 Å². The number of amides is 3. The lowest BCUT2D eigenvalue weighted by Gasteiger charge is -2.12. The highest BCUT2D eigenvalue weighted by Gasteiger charge is 2.36. The first kappa shape index (κ1) is 25.2. The van der Waals surface area contributed by atoms with Crippen LogP contribution in [0.15, 0.2) is 80.6 Å². The van der Waals surface area contributed by atoms with Crippen molar-refractivity contribution in [2.75, 3.05) is 11.9 Å². The molecule has 0 spiro atoms. The van der Waals surface area contributed by atoms with E-state index in [4.69, 9.17) is 4.74 Å². The Bertz CT molecular complexity index is 1310. The summed E-state index contributed by atoms with van der Waals surface area (Å²) in [7, 11) is 0. The Morgan fingerprint density at radius 3 is 2.43 bits per heavy atom. The van der Waals surface area contributed by atoms with Crippen molar-refractivity contribution in [2.45, 2.75) is 6.61 Å². The molecule has 0 atom stereocenters. The van der Waals surface area contributed by atoms with Crippen molar-refractivity contribution in [1.82, 2.24) is 4.90 Å². The first-order valence-corrected chi connectivity index (χ1v) is 12.7. The standard InChI is InChI=1S/C25H17Br2FN2O4S/c26-17-4-1-15(2-5-17)14-34-21-10-3-16(11-20(21)27)12-22-24(32)30(25(33)35-22)13-23(31)29-19-8-6-18(28)7-9-19/h1-12H,13-14H2,(H,29,31)/b22-12-. The summed E-state index contributed by atoms with van der Waals surface area (Å²) >= 11 is 7.65. The molecule has 0 aliphatic carbocycles. The van der Waals surface area contributed by atoms with E-state index in [9.17, 15) is 18.8 Å². The SMILES string of the molecule is O=C(CN1C(=O)S/C(=C\c2ccc(OCc3ccc(Br)cc3)c(Br)c2)C1=O)Nc1ccc(F)cc1. The molecule has 0 saturated carbocycles. The predicted octanol–water partition coefficient (Wildman–Crippen LogP) is 6.60. The van der Waals surface area contributed by atoms with Gasteiger partial charge in [-0.1, -0.05) is 34.1 Å². The van der Waals surface area contributed by atoms with E-state index in [2.05, 4.69) is 37.2 Å². The molecule has 6 nitrogen and oxygen atoms in total.